The number of hydrogen-bond acceptors (Lipinski definition) is 3. The molecule has 0 amide bonds. The zero-order chi connectivity index (χ0) is 9.14. The van der Waals surface area contributed by atoms with Gasteiger partial charge in [-0.15, -0.1) is 0 Å². The number of hydrogen-bond donors (Lipinski definition) is 1. The molecular formula is C7H6Cl2N2S. The fourth-order valence-electron chi connectivity index (χ4n) is 0.851. The number of nitrogens with one attached hydrogen (secondary N) is 1. The van der Waals surface area contributed by atoms with Crippen LogP contribution in [-0.2, 0) is 12.4 Å². The fourth-order valence-corrected chi connectivity index (χ4v) is 1.62. The molecule has 0 heterocycles. The average Bonchev–Trinajstić information content (AvgIpc) is 2.03. The Morgan fingerprint density at radius 2 is 1.83 bits per heavy atom. The van der Waals surface area contributed by atoms with E-state index >= 15 is 0 Å². The van der Waals surface area contributed by atoms with Crippen LogP contribution in [0.4, 0.5) is 11.4 Å². The largest absolute Gasteiger partial charge is 0.386 e. The molecule has 1 aromatic carbocycles. The molecule has 0 atom stereocenters. The van der Waals surface area contributed by atoms with Gasteiger partial charge < -0.3 is 5.32 Å². The van der Waals surface area contributed by atoms with Gasteiger partial charge in [-0.25, -0.2) is 0 Å². The molecule has 0 saturated carbocycles. The van der Waals surface area contributed by atoms with E-state index in [9.17, 15) is 0 Å². The minimum atomic E-state index is 0.522. The van der Waals surface area contributed by atoms with Gasteiger partial charge in [0.1, 0.15) is 0 Å². The molecule has 0 bridgehead atoms. The predicted octanol–water partition coefficient (Wildman–Crippen LogP) is 3.40. The molecular weight excluding hydrogens is 215 g/mol. The molecule has 1 aromatic rings. The van der Waals surface area contributed by atoms with E-state index in [0.29, 0.717) is 21.4 Å². The summed E-state index contributed by atoms with van der Waals surface area (Å²) in [5, 5.41) is 3.92. The van der Waals surface area contributed by atoms with Gasteiger partial charge in [-0.3, -0.25) is 0 Å². The van der Waals surface area contributed by atoms with Crippen molar-refractivity contribution in [2.24, 2.45) is 4.36 Å². The van der Waals surface area contributed by atoms with Gasteiger partial charge >= 0.3 is 0 Å². The smallest absolute Gasteiger partial charge is 0.0800 e. The zero-order valence-corrected chi connectivity index (χ0v) is 8.59. The van der Waals surface area contributed by atoms with Gasteiger partial charge in [0.15, 0.2) is 0 Å². The van der Waals surface area contributed by atoms with Crippen molar-refractivity contribution in [2.75, 3.05) is 12.4 Å². The Balaban J connectivity index is 3.27. The summed E-state index contributed by atoms with van der Waals surface area (Å²) in [4.78, 5) is 0. The van der Waals surface area contributed by atoms with Crippen LogP contribution in [0.15, 0.2) is 16.5 Å². The minimum Gasteiger partial charge on any atom is -0.386 e. The van der Waals surface area contributed by atoms with E-state index in [2.05, 4.69) is 22.1 Å². The predicted molar refractivity (Wildman–Crippen MR) is 55.5 cm³/mol. The van der Waals surface area contributed by atoms with Crippen LogP contribution in [0.3, 0.4) is 0 Å². The van der Waals surface area contributed by atoms with Crippen LogP contribution in [0.2, 0.25) is 10.0 Å². The second-order valence-corrected chi connectivity index (χ2v) is 3.12. The molecule has 12 heavy (non-hydrogen) atoms. The molecule has 0 aliphatic heterocycles. The van der Waals surface area contributed by atoms with E-state index in [1.165, 1.54) is 0 Å². The molecule has 0 radical (unpaired) electrons. The summed E-state index contributed by atoms with van der Waals surface area (Å²) in [5.41, 5.74) is 1.29. The standard InChI is InChI=1S/C7H6Cl2N2S/c1-10-7-5(8)2-4(11-12)3-6(7)9/h2-3,10H,1H3. The lowest BCUT2D eigenvalue weighted by molar-refractivity contribution is 1.49. The first-order valence-electron chi connectivity index (χ1n) is 3.19. The number of rotatable bonds is 2. The van der Waals surface area contributed by atoms with Crippen LogP contribution in [-0.4, -0.2) is 7.05 Å². The van der Waals surface area contributed by atoms with Gasteiger partial charge in [0.25, 0.3) is 0 Å². The quantitative estimate of drug-likeness (QED) is 0.827. The van der Waals surface area contributed by atoms with Gasteiger partial charge in [-0.1, -0.05) is 23.2 Å². The first kappa shape index (κ1) is 9.71. The highest BCUT2D eigenvalue weighted by molar-refractivity contribution is 7.47. The normalized spacial score (nSPS) is 9.58. The molecule has 0 aromatic heterocycles. The van der Waals surface area contributed by atoms with Gasteiger partial charge in [0.2, 0.25) is 0 Å². The van der Waals surface area contributed by atoms with Crippen molar-refractivity contribution in [1.82, 2.24) is 0 Å². The van der Waals surface area contributed by atoms with Crippen molar-refractivity contribution in [3.05, 3.63) is 22.2 Å². The fraction of sp³-hybridized carbons (Fsp3) is 0.143. The number of nitrogens with zero attached hydrogens (tertiary/aromatic N) is 1. The van der Waals surface area contributed by atoms with Crippen molar-refractivity contribution in [2.45, 2.75) is 0 Å². The lowest BCUT2D eigenvalue weighted by Gasteiger charge is -2.05. The maximum Gasteiger partial charge on any atom is 0.0800 e. The topological polar surface area (TPSA) is 24.4 Å². The van der Waals surface area contributed by atoms with Crippen LogP contribution < -0.4 is 5.32 Å². The first-order valence-corrected chi connectivity index (χ1v) is 4.31. The lowest BCUT2D eigenvalue weighted by atomic mass is 10.3. The van der Waals surface area contributed by atoms with E-state index in [1.807, 2.05) is 0 Å². The molecule has 0 fully saturated rings. The highest BCUT2D eigenvalue weighted by Gasteiger charge is 2.05. The van der Waals surface area contributed by atoms with Crippen molar-refractivity contribution in [3.63, 3.8) is 0 Å². The Labute approximate surface area is 86.0 Å². The summed E-state index contributed by atoms with van der Waals surface area (Å²) in [7, 11) is 1.75. The third-order valence-corrected chi connectivity index (χ3v) is 2.19. The Morgan fingerprint density at radius 1 is 1.33 bits per heavy atom. The lowest BCUT2D eigenvalue weighted by Crippen LogP contribution is -1.89. The third-order valence-electron chi connectivity index (χ3n) is 1.38. The van der Waals surface area contributed by atoms with Crippen molar-refractivity contribution in [3.8, 4) is 0 Å². The monoisotopic (exact) mass is 220 g/mol. The Morgan fingerprint density at radius 3 is 2.17 bits per heavy atom. The number of halogens is 2. The van der Waals surface area contributed by atoms with Gasteiger partial charge in [0.05, 0.1) is 21.4 Å². The maximum absolute atomic E-state index is 5.86. The van der Waals surface area contributed by atoms with Crippen molar-refractivity contribution < 1.29 is 0 Å². The molecule has 0 aliphatic carbocycles. The summed E-state index contributed by atoms with van der Waals surface area (Å²) in [5.74, 6) is 0. The van der Waals surface area contributed by atoms with Gasteiger partial charge in [-0.2, -0.15) is 4.36 Å². The number of anilines is 1. The van der Waals surface area contributed by atoms with Crippen molar-refractivity contribution in [1.29, 1.82) is 0 Å². The zero-order valence-electron chi connectivity index (χ0n) is 6.27. The van der Waals surface area contributed by atoms with Crippen LogP contribution >= 0.6 is 23.2 Å². The molecule has 0 saturated heterocycles. The summed E-state index contributed by atoms with van der Waals surface area (Å²) >= 11 is 16.2. The van der Waals surface area contributed by atoms with Gasteiger partial charge in [-0.05, 0) is 12.1 Å². The van der Waals surface area contributed by atoms with E-state index in [4.69, 9.17) is 23.2 Å². The molecule has 5 heteroatoms. The van der Waals surface area contributed by atoms with E-state index in [0.717, 1.165) is 0 Å². The Kier molecular flexibility index (Phi) is 3.26. The molecule has 2 nitrogen and oxygen atoms in total. The van der Waals surface area contributed by atoms with E-state index in [-0.39, 0.29) is 0 Å². The average molecular weight is 221 g/mol. The van der Waals surface area contributed by atoms with Crippen LogP contribution in [0.1, 0.15) is 0 Å². The molecule has 1 N–H and O–H groups in total. The third kappa shape index (κ3) is 1.86. The molecule has 0 unspecified atom stereocenters. The molecule has 1 rings (SSSR count). The number of benzene rings is 1. The van der Waals surface area contributed by atoms with Crippen LogP contribution in [0, 0.1) is 0 Å². The second-order valence-electron chi connectivity index (χ2n) is 2.13. The minimum absolute atomic E-state index is 0.522. The summed E-state index contributed by atoms with van der Waals surface area (Å²) < 4.78 is 3.55. The Hall–Kier alpha value is -0.380. The molecule has 64 valence electrons. The maximum atomic E-state index is 5.86. The summed E-state index contributed by atoms with van der Waals surface area (Å²) in [6.45, 7) is 0. The summed E-state index contributed by atoms with van der Waals surface area (Å²) in [6, 6.07) is 3.32. The molecule has 0 spiro atoms. The van der Waals surface area contributed by atoms with Crippen LogP contribution in [0.25, 0.3) is 0 Å². The second kappa shape index (κ2) is 4.03. The SMILES string of the molecule is CNc1c(Cl)cc(N=S)cc1Cl. The van der Waals surface area contributed by atoms with E-state index in [1.54, 1.807) is 19.2 Å². The van der Waals surface area contributed by atoms with Crippen LogP contribution in [0.5, 0.6) is 0 Å². The Bertz CT molecular complexity index is 291. The van der Waals surface area contributed by atoms with Crippen molar-refractivity contribution >= 4 is 47.0 Å². The molecule has 0 aliphatic rings. The highest BCUT2D eigenvalue weighted by Crippen LogP contribution is 2.34. The van der Waals surface area contributed by atoms with Gasteiger partial charge in [0, 0.05) is 19.5 Å². The van der Waals surface area contributed by atoms with E-state index < -0.39 is 0 Å². The summed E-state index contributed by atoms with van der Waals surface area (Å²) in [6.07, 6.45) is 0. The highest BCUT2D eigenvalue weighted by atomic mass is 35.5. The first-order chi connectivity index (χ1) is 5.69.